The fraction of sp³-hybridized carbons (Fsp3) is 0.250. The summed E-state index contributed by atoms with van der Waals surface area (Å²) < 4.78 is 10.9. The van der Waals surface area contributed by atoms with Crippen molar-refractivity contribution in [2.45, 2.75) is 12.5 Å². The molecule has 0 unspecified atom stereocenters. The highest BCUT2D eigenvalue weighted by Crippen LogP contribution is 2.49. The standard InChI is InChI=1S/C16H14O4/c1-3-15(2)10-19-14(18)16(15)13(17)9-12(20-16)11-7-5-4-6-8-11/h3-9H,1,10H2,2H3/t15-,16-/m1/s1. The minimum absolute atomic E-state index is 0.0942. The molecule has 1 aromatic rings. The fourth-order valence-corrected chi connectivity index (χ4v) is 2.60. The maximum Gasteiger partial charge on any atom is 0.359 e. The molecule has 3 rings (SSSR count). The van der Waals surface area contributed by atoms with Gasteiger partial charge in [0.15, 0.2) is 0 Å². The van der Waals surface area contributed by atoms with E-state index in [0.717, 1.165) is 5.56 Å². The lowest BCUT2D eigenvalue weighted by Gasteiger charge is -2.31. The minimum atomic E-state index is -1.63. The maximum absolute atomic E-state index is 12.4. The van der Waals surface area contributed by atoms with Gasteiger partial charge in [-0.3, -0.25) is 4.79 Å². The van der Waals surface area contributed by atoms with Crippen molar-refractivity contribution in [2.75, 3.05) is 6.61 Å². The zero-order valence-electron chi connectivity index (χ0n) is 11.1. The monoisotopic (exact) mass is 270 g/mol. The van der Waals surface area contributed by atoms with E-state index in [1.54, 1.807) is 13.0 Å². The molecule has 4 heteroatoms. The largest absolute Gasteiger partial charge is 0.465 e. The molecule has 2 atom stereocenters. The molecule has 0 aromatic heterocycles. The van der Waals surface area contributed by atoms with E-state index in [0.29, 0.717) is 5.76 Å². The van der Waals surface area contributed by atoms with Crippen molar-refractivity contribution in [3.63, 3.8) is 0 Å². The number of esters is 1. The zero-order chi connectivity index (χ0) is 14.4. The summed E-state index contributed by atoms with van der Waals surface area (Å²) in [5, 5.41) is 0. The van der Waals surface area contributed by atoms with Gasteiger partial charge in [0, 0.05) is 11.6 Å². The van der Waals surface area contributed by atoms with Crippen LogP contribution in [0.3, 0.4) is 0 Å². The number of carbonyl (C=O) groups excluding carboxylic acids is 2. The third-order valence-electron chi connectivity index (χ3n) is 3.98. The van der Waals surface area contributed by atoms with Crippen LogP contribution in [0.5, 0.6) is 0 Å². The average molecular weight is 270 g/mol. The van der Waals surface area contributed by atoms with E-state index in [1.807, 2.05) is 30.3 Å². The summed E-state index contributed by atoms with van der Waals surface area (Å²) in [4.78, 5) is 24.5. The molecule has 2 aliphatic heterocycles. The molecule has 4 nitrogen and oxygen atoms in total. The highest BCUT2D eigenvalue weighted by molar-refractivity contribution is 6.19. The van der Waals surface area contributed by atoms with Crippen molar-refractivity contribution in [2.24, 2.45) is 5.41 Å². The number of carbonyl (C=O) groups is 2. The van der Waals surface area contributed by atoms with E-state index in [9.17, 15) is 9.59 Å². The molecule has 102 valence electrons. The smallest absolute Gasteiger partial charge is 0.359 e. The van der Waals surface area contributed by atoms with Gasteiger partial charge < -0.3 is 9.47 Å². The van der Waals surface area contributed by atoms with Crippen molar-refractivity contribution in [1.29, 1.82) is 0 Å². The lowest BCUT2D eigenvalue weighted by atomic mass is 9.73. The summed E-state index contributed by atoms with van der Waals surface area (Å²) in [5.41, 5.74) is -1.74. The summed E-state index contributed by atoms with van der Waals surface area (Å²) in [7, 11) is 0. The van der Waals surface area contributed by atoms with Crippen molar-refractivity contribution >= 4 is 17.5 Å². The van der Waals surface area contributed by atoms with Gasteiger partial charge in [0.2, 0.25) is 5.78 Å². The quantitative estimate of drug-likeness (QED) is 0.469. The topological polar surface area (TPSA) is 52.6 Å². The Bertz CT molecular complexity index is 631. The molecule has 0 bridgehead atoms. The van der Waals surface area contributed by atoms with E-state index in [2.05, 4.69) is 6.58 Å². The van der Waals surface area contributed by atoms with Gasteiger partial charge >= 0.3 is 5.97 Å². The Balaban J connectivity index is 2.05. The summed E-state index contributed by atoms with van der Waals surface area (Å²) in [6, 6.07) is 9.20. The number of cyclic esters (lactones) is 1. The van der Waals surface area contributed by atoms with Crippen molar-refractivity contribution in [1.82, 2.24) is 0 Å². The molecule has 1 saturated heterocycles. The normalized spacial score (nSPS) is 31.9. The van der Waals surface area contributed by atoms with Crippen molar-refractivity contribution in [3.8, 4) is 0 Å². The molecule has 0 amide bonds. The van der Waals surface area contributed by atoms with E-state index >= 15 is 0 Å². The lowest BCUT2D eigenvalue weighted by Crippen LogP contribution is -2.52. The first-order valence-electron chi connectivity index (χ1n) is 6.35. The van der Waals surface area contributed by atoms with Gasteiger partial charge in [-0.15, -0.1) is 6.58 Å². The average Bonchev–Trinajstić information content (AvgIpc) is 2.95. The van der Waals surface area contributed by atoms with Gasteiger partial charge in [-0.25, -0.2) is 4.79 Å². The first kappa shape index (κ1) is 12.7. The second kappa shape index (κ2) is 4.07. The molecule has 20 heavy (non-hydrogen) atoms. The van der Waals surface area contributed by atoms with Crippen LogP contribution in [-0.2, 0) is 19.1 Å². The molecule has 0 N–H and O–H groups in total. The maximum atomic E-state index is 12.4. The molecule has 1 fully saturated rings. The van der Waals surface area contributed by atoms with E-state index in [4.69, 9.17) is 9.47 Å². The van der Waals surface area contributed by atoms with Crippen LogP contribution < -0.4 is 0 Å². The Kier molecular flexibility index (Phi) is 2.57. The molecular weight excluding hydrogens is 256 g/mol. The minimum Gasteiger partial charge on any atom is -0.465 e. The molecule has 2 heterocycles. The molecule has 0 saturated carbocycles. The molecular formula is C16H14O4. The molecule has 2 aliphatic rings. The number of rotatable bonds is 2. The van der Waals surface area contributed by atoms with Gasteiger partial charge in [0.05, 0.1) is 5.41 Å². The van der Waals surface area contributed by atoms with Crippen LogP contribution in [0.15, 0.2) is 49.1 Å². The van der Waals surface area contributed by atoms with Crippen LogP contribution in [-0.4, -0.2) is 24.0 Å². The van der Waals surface area contributed by atoms with Gasteiger partial charge in [-0.1, -0.05) is 36.4 Å². The summed E-state index contributed by atoms with van der Waals surface area (Å²) in [6.07, 6.45) is 2.92. The Morgan fingerprint density at radius 1 is 1.25 bits per heavy atom. The molecule has 0 radical (unpaired) electrons. The molecule has 1 aromatic carbocycles. The van der Waals surface area contributed by atoms with E-state index in [-0.39, 0.29) is 12.4 Å². The molecule has 1 spiro atoms. The van der Waals surface area contributed by atoms with Gasteiger partial charge in [-0.05, 0) is 6.92 Å². The number of hydrogen-bond acceptors (Lipinski definition) is 4. The van der Waals surface area contributed by atoms with Crippen LogP contribution in [0, 0.1) is 5.41 Å². The first-order chi connectivity index (χ1) is 9.53. The van der Waals surface area contributed by atoms with Crippen molar-refractivity contribution in [3.05, 3.63) is 54.6 Å². The van der Waals surface area contributed by atoms with Crippen molar-refractivity contribution < 1.29 is 19.1 Å². The predicted octanol–water partition coefficient (Wildman–Crippen LogP) is 2.11. The van der Waals surface area contributed by atoms with Crippen LogP contribution in [0.1, 0.15) is 12.5 Å². The van der Waals surface area contributed by atoms with Gasteiger partial charge in [-0.2, -0.15) is 0 Å². The third-order valence-corrected chi connectivity index (χ3v) is 3.98. The second-order valence-electron chi connectivity index (χ2n) is 5.22. The van der Waals surface area contributed by atoms with Gasteiger partial charge in [0.1, 0.15) is 12.4 Å². The Morgan fingerprint density at radius 2 is 1.95 bits per heavy atom. The van der Waals surface area contributed by atoms with E-state index in [1.165, 1.54) is 6.08 Å². The number of ether oxygens (including phenoxy) is 2. The fourth-order valence-electron chi connectivity index (χ4n) is 2.60. The highest BCUT2D eigenvalue weighted by Gasteiger charge is 2.68. The number of benzene rings is 1. The van der Waals surface area contributed by atoms with Crippen LogP contribution in [0.4, 0.5) is 0 Å². The van der Waals surface area contributed by atoms with Crippen LogP contribution >= 0.6 is 0 Å². The van der Waals surface area contributed by atoms with Gasteiger partial charge in [0.25, 0.3) is 5.60 Å². The van der Waals surface area contributed by atoms with Crippen LogP contribution in [0.25, 0.3) is 5.76 Å². The Hall–Kier alpha value is -2.36. The SMILES string of the molecule is C=C[C@]1(C)COC(=O)[C@@]12OC(c1ccccc1)=CC2=O. The number of ketones is 1. The predicted molar refractivity (Wildman–Crippen MR) is 72.5 cm³/mol. The molecule has 0 aliphatic carbocycles. The summed E-state index contributed by atoms with van der Waals surface area (Å²) in [6.45, 7) is 5.55. The first-order valence-corrected chi connectivity index (χ1v) is 6.35. The van der Waals surface area contributed by atoms with Crippen LogP contribution in [0.2, 0.25) is 0 Å². The third kappa shape index (κ3) is 1.42. The zero-order valence-corrected chi connectivity index (χ0v) is 11.1. The highest BCUT2D eigenvalue weighted by atomic mass is 16.6. The second-order valence-corrected chi connectivity index (χ2v) is 5.22. The summed E-state index contributed by atoms with van der Waals surface area (Å²) in [5.74, 6) is -0.643. The Morgan fingerprint density at radius 3 is 2.60 bits per heavy atom. The summed E-state index contributed by atoms with van der Waals surface area (Å²) >= 11 is 0. The Labute approximate surface area is 116 Å². The van der Waals surface area contributed by atoms with E-state index < -0.39 is 17.0 Å². The lowest BCUT2D eigenvalue weighted by molar-refractivity contribution is -0.158. The number of hydrogen-bond donors (Lipinski definition) is 0.